The highest BCUT2D eigenvalue weighted by Gasteiger charge is 2.17. The van der Waals surface area contributed by atoms with Gasteiger partial charge in [0.1, 0.15) is 5.75 Å². The molecule has 0 amide bonds. The van der Waals surface area contributed by atoms with Crippen molar-refractivity contribution in [1.82, 2.24) is 0 Å². The fourth-order valence-corrected chi connectivity index (χ4v) is 3.50. The van der Waals surface area contributed by atoms with Crippen molar-refractivity contribution in [3.05, 3.63) is 60.7 Å². The van der Waals surface area contributed by atoms with Crippen LogP contribution in [0.5, 0.6) is 5.75 Å². The van der Waals surface area contributed by atoms with Gasteiger partial charge >= 0.3 is 0 Å². The van der Waals surface area contributed by atoms with Gasteiger partial charge in [-0.15, -0.1) is 0 Å². The number of halogens is 1. The lowest BCUT2D eigenvalue weighted by Crippen LogP contribution is -2.03. The SMILES string of the molecule is S=P(Cl)(Oc1ccccc1)c1ccccc1. The third-order valence-electron chi connectivity index (χ3n) is 2.03. The van der Waals surface area contributed by atoms with Gasteiger partial charge in [-0.1, -0.05) is 36.4 Å². The van der Waals surface area contributed by atoms with Gasteiger partial charge in [0.05, 0.1) is 0 Å². The number of hydrogen-bond acceptors (Lipinski definition) is 2. The van der Waals surface area contributed by atoms with E-state index >= 15 is 0 Å². The van der Waals surface area contributed by atoms with Gasteiger partial charge in [-0.25, -0.2) is 0 Å². The maximum atomic E-state index is 6.30. The molecule has 0 bridgehead atoms. The molecule has 0 heterocycles. The normalized spacial score (nSPS) is 14.1. The van der Waals surface area contributed by atoms with Crippen molar-refractivity contribution in [2.45, 2.75) is 0 Å². The molecule has 0 aliphatic rings. The smallest absolute Gasteiger partial charge is 0.228 e. The maximum absolute atomic E-state index is 6.30. The Morgan fingerprint density at radius 2 is 1.38 bits per heavy atom. The first kappa shape index (κ1) is 11.7. The summed E-state index contributed by atoms with van der Waals surface area (Å²) in [5, 5.41) is 0.871. The van der Waals surface area contributed by atoms with Crippen LogP contribution in [0.4, 0.5) is 0 Å². The molecule has 2 rings (SSSR count). The van der Waals surface area contributed by atoms with E-state index in [1.165, 1.54) is 0 Å². The predicted octanol–water partition coefficient (Wildman–Crippen LogP) is 3.94. The van der Waals surface area contributed by atoms with Crippen LogP contribution in [0.25, 0.3) is 0 Å². The molecule has 1 nitrogen and oxygen atoms in total. The van der Waals surface area contributed by atoms with Crippen molar-refractivity contribution in [1.29, 1.82) is 0 Å². The van der Waals surface area contributed by atoms with Gasteiger partial charge in [-0.2, -0.15) is 0 Å². The van der Waals surface area contributed by atoms with Crippen molar-refractivity contribution >= 4 is 34.0 Å². The second-order valence-corrected chi connectivity index (χ2v) is 8.45. The minimum atomic E-state index is -2.46. The summed E-state index contributed by atoms with van der Waals surface area (Å²) >= 11 is 11.6. The minimum Gasteiger partial charge on any atom is -0.449 e. The van der Waals surface area contributed by atoms with Crippen LogP contribution in [0, 0.1) is 0 Å². The fourth-order valence-electron chi connectivity index (χ4n) is 1.28. The van der Waals surface area contributed by atoms with Gasteiger partial charge in [0.2, 0.25) is 5.62 Å². The predicted molar refractivity (Wildman–Crippen MR) is 73.3 cm³/mol. The summed E-state index contributed by atoms with van der Waals surface area (Å²) in [6.45, 7) is 0. The highest BCUT2D eigenvalue weighted by Crippen LogP contribution is 2.51. The van der Waals surface area contributed by atoms with Gasteiger partial charge in [-0.3, -0.25) is 0 Å². The zero-order chi connectivity index (χ0) is 11.4. The number of hydrogen-bond donors (Lipinski definition) is 0. The Morgan fingerprint density at radius 3 is 1.94 bits per heavy atom. The summed E-state index contributed by atoms with van der Waals surface area (Å²) < 4.78 is 5.68. The van der Waals surface area contributed by atoms with Crippen LogP contribution in [0.1, 0.15) is 0 Å². The first-order valence-electron chi connectivity index (χ1n) is 4.78. The van der Waals surface area contributed by atoms with Gasteiger partial charge < -0.3 is 4.52 Å². The van der Waals surface area contributed by atoms with E-state index in [0.717, 1.165) is 5.30 Å². The maximum Gasteiger partial charge on any atom is 0.228 e. The lowest BCUT2D eigenvalue weighted by atomic mass is 10.3. The van der Waals surface area contributed by atoms with E-state index in [0.29, 0.717) is 5.75 Å². The average molecular weight is 269 g/mol. The molecule has 1 unspecified atom stereocenters. The van der Waals surface area contributed by atoms with Crippen molar-refractivity contribution in [2.75, 3.05) is 0 Å². The zero-order valence-electron chi connectivity index (χ0n) is 8.42. The van der Waals surface area contributed by atoms with Crippen molar-refractivity contribution < 1.29 is 4.52 Å². The second-order valence-electron chi connectivity index (χ2n) is 3.22. The van der Waals surface area contributed by atoms with Gasteiger partial charge in [0.15, 0.2) is 0 Å². The van der Waals surface area contributed by atoms with E-state index in [9.17, 15) is 0 Å². The second kappa shape index (κ2) is 5.01. The highest BCUT2D eigenvalue weighted by molar-refractivity contribution is 8.28. The largest absolute Gasteiger partial charge is 0.449 e. The average Bonchev–Trinajstić information content (AvgIpc) is 2.31. The van der Waals surface area contributed by atoms with Crippen LogP contribution in [0.2, 0.25) is 0 Å². The Hall–Kier alpha value is -0.820. The van der Waals surface area contributed by atoms with Gasteiger partial charge in [0, 0.05) is 5.30 Å². The molecule has 2 aromatic carbocycles. The quantitative estimate of drug-likeness (QED) is 0.780. The molecule has 0 aromatic heterocycles. The lowest BCUT2D eigenvalue weighted by Gasteiger charge is -2.16. The van der Waals surface area contributed by atoms with E-state index in [1.807, 2.05) is 60.7 Å². The van der Waals surface area contributed by atoms with Gasteiger partial charge in [0.25, 0.3) is 0 Å². The number of rotatable bonds is 3. The molecule has 82 valence electrons. The summed E-state index contributed by atoms with van der Waals surface area (Å²) in [6, 6.07) is 19.0. The molecule has 0 aliphatic carbocycles. The third kappa shape index (κ3) is 2.85. The molecule has 0 spiro atoms. The Labute approximate surface area is 105 Å². The number of benzene rings is 2. The summed E-state index contributed by atoms with van der Waals surface area (Å²) in [6.07, 6.45) is 0. The van der Waals surface area contributed by atoms with E-state index in [-0.39, 0.29) is 0 Å². The molecule has 1 atom stereocenters. The van der Waals surface area contributed by atoms with Gasteiger partial charge in [-0.05, 0) is 47.3 Å². The summed E-state index contributed by atoms with van der Waals surface area (Å²) in [7, 11) is 0. The molecule has 16 heavy (non-hydrogen) atoms. The van der Waals surface area contributed by atoms with Crippen molar-refractivity contribution in [2.24, 2.45) is 0 Å². The monoisotopic (exact) mass is 268 g/mol. The zero-order valence-corrected chi connectivity index (χ0v) is 10.9. The molecular formula is C12H10ClOPS. The Kier molecular flexibility index (Phi) is 3.65. The standard InChI is InChI=1S/C12H10ClOPS/c13-15(16,12-9-5-2-6-10-12)14-11-7-3-1-4-8-11/h1-10H. The van der Waals surface area contributed by atoms with Crippen LogP contribution in [-0.4, -0.2) is 0 Å². The van der Waals surface area contributed by atoms with Crippen LogP contribution in [0.15, 0.2) is 60.7 Å². The molecular weight excluding hydrogens is 259 g/mol. The Morgan fingerprint density at radius 1 is 0.875 bits per heavy atom. The van der Waals surface area contributed by atoms with E-state index in [2.05, 4.69) is 0 Å². The van der Waals surface area contributed by atoms with Crippen LogP contribution < -0.4 is 9.83 Å². The summed E-state index contributed by atoms with van der Waals surface area (Å²) in [5.74, 6) is 0.713. The van der Waals surface area contributed by atoms with E-state index < -0.39 is 5.62 Å². The molecule has 0 saturated carbocycles. The number of para-hydroxylation sites is 1. The first-order chi connectivity index (χ1) is 7.68. The fraction of sp³-hybridized carbons (Fsp3) is 0. The first-order valence-corrected chi connectivity index (χ1v) is 8.41. The topological polar surface area (TPSA) is 9.23 Å². The molecule has 0 aliphatic heterocycles. The molecule has 0 fully saturated rings. The Bertz CT molecular complexity index is 501. The molecule has 0 N–H and O–H groups in total. The third-order valence-corrected chi connectivity index (χ3v) is 5.04. The van der Waals surface area contributed by atoms with E-state index in [4.69, 9.17) is 27.6 Å². The summed E-state index contributed by atoms with van der Waals surface area (Å²) in [4.78, 5) is 0. The lowest BCUT2D eigenvalue weighted by molar-refractivity contribution is 0.632. The summed E-state index contributed by atoms with van der Waals surface area (Å²) in [5.41, 5.74) is -2.46. The highest BCUT2D eigenvalue weighted by atomic mass is 35.7. The minimum absolute atomic E-state index is 0.713. The van der Waals surface area contributed by atoms with E-state index in [1.54, 1.807) is 0 Å². The molecule has 0 saturated heterocycles. The Balaban J connectivity index is 2.25. The van der Waals surface area contributed by atoms with Crippen LogP contribution in [-0.2, 0) is 11.8 Å². The van der Waals surface area contributed by atoms with Crippen LogP contribution in [0.3, 0.4) is 0 Å². The molecule has 2 aromatic rings. The van der Waals surface area contributed by atoms with Crippen molar-refractivity contribution in [3.8, 4) is 5.75 Å². The van der Waals surface area contributed by atoms with Crippen LogP contribution >= 0.6 is 16.9 Å². The molecule has 0 radical (unpaired) electrons. The van der Waals surface area contributed by atoms with Crippen molar-refractivity contribution in [3.63, 3.8) is 0 Å². The molecule has 4 heteroatoms.